The third-order valence-electron chi connectivity index (χ3n) is 5.37. The zero-order valence-electron chi connectivity index (χ0n) is 13.8. The van der Waals surface area contributed by atoms with Gasteiger partial charge in [0.1, 0.15) is 5.41 Å². The maximum absolute atomic E-state index is 12.4. The van der Waals surface area contributed by atoms with E-state index in [0.29, 0.717) is 19.3 Å². The second kappa shape index (κ2) is 7.96. The number of aliphatic carboxylic acids is 1. The lowest BCUT2D eigenvalue weighted by Crippen LogP contribution is -2.37. The molecule has 2 aliphatic carbocycles. The van der Waals surface area contributed by atoms with Crippen LogP contribution in [0.4, 0.5) is 0 Å². The van der Waals surface area contributed by atoms with E-state index in [4.69, 9.17) is 0 Å². The Morgan fingerprint density at radius 2 is 1.68 bits per heavy atom. The predicted molar refractivity (Wildman–Crippen MR) is 88.7 cm³/mol. The Labute approximate surface area is 134 Å². The van der Waals surface area contributed by atoms with Crippen LogP contribution in [0.1, 0.15) is 77.6 Å². The van der Waals surface area contributed by atoms with Crippen molar-refractivity contribution in [1.29, 1.82) is 0 Å². The van der Waals surface area contributed by atoms with Gasteiger partial charge in [0.05, 0.1) is 6.10 Å². The van der Waals surface area contributed by atoms with Gasteiger partial charge in [-0.25, -0.2) is 0 Å². The molecule has 0 aromatic heterocycles. The molecule has 3 nitrogen and oxygen atoms in total. The summed E-state index contributed by atoms with van der Waals surface area (Å²) in [6, 6.07) is 0. The highest BCUT2D eigenvalue weighted by Gasteiger charge is 2.45. The molecule has 0 heterocycles. The number of hydrogen-bond donors (Lipinski definition) is 2. The molecular weight excluding hydrogens is 276 g/mol. The minimum absolute atomic E-state index is 0.396. The van der Waals surface area contributed by atoms with E-state index in [1.54, 1.807) is 0 Å². The van der Waals surface area contributed by atoms with Crippen LogP contribution in [0, 0.1) is 5.41 Å². The van der Waals surface area contributed by atoms with E-state index in [1.165, 1.54) is 0 Å². The first-order valence-electron chi connectivity index (χ1n) is 8.91. The number of carbonyl (C=O) groups is 1. The van der Waals surface area contributed by atoms with Crippen LogP contribution in [0.25, 0.3) is 0 Å². The molecule has 0 fully saturated rings. The van der Waals surface area contributed by atoms with E-state index in [9.17, 15) is 15.0 Å². The van der Waals surface area contributed by atoms with Crippen LogP contribution in [0.3, 0.4) is 0 Å². The topological polar surface area (TPSA) is 57.5 Å². The van der Waals surface area contributed by atoms with Gasteiger partial charge in [0.15, 0.2) is 0 Å². The van der Waals surface area contributed by atoms with Gasteiger partial charge in [-0.1, -0.05) is 30.2 Å². The number of aliphatic hydroxyl groups excluding tert-OH is 1. The first kappa shape index (κ1) is 17.3. The fourth-order valence-electron chi connectivity index (χ4n) is 3.95. The van der Waals surface area contributed by atoms with Gasteiger partial charge in [-0.3, -0.25) is 4.79 Å². The molecule has 0 saturated heterocycles. The summed E-state index contributed by atoms with van der Waals surface area (Å²) in [5, 5.41) is 20.1. The van der Waals surface area contributed by atoms with Crippen molar-refractivity contribution >= 4 is 5.97 Å². The lowest BCUT2D eigenvalue weighted by Gasteiger charge is -2.38. The molecule has 22 heavy (non-hydrogen) atoms. The molecule has 0 amide bonds. The van der Waals surface area contributed by atoms with E-state index < -0.39 is 17.5 Å². The van der Waals surface area contributed by atoms with Crippen LogP contribution in [-0.2, 0) is 4.79 Å². The number of allylic oxidation sites excluding steroid dienone is 2. The fraction of sp³-hybridized carbons (Fsp3) is 0.737. The van der Waals surface area contributed by atoms with Gasteiger partial charge < -0.3 is 10.2 Å². The molecule has 0 spiro atoms. The van der Waals surface area contributed by atoms with Gasteiger partial charge in [0.2, 0.25) is 0 Å². The van der Waals surface area contributed by atoms with Crippen molar-refractivity contribution in [2.75, 3.05) is 0 Å². The average molecular weight is 306 g/mol. The van der Waals surface area contributed by atoms with Gasteiger partial charge >= 0.3 is 5.97 Å². The summed E-state index contributed by atoms with van der Waals surface area (Å²) in [7, 11) is 0. The van der Waals surface area contributed by atoms with Crippen LogP contribution < -0.4 is 0 Å². The normalized spacial score (nSPS) is 21.0. The second-order valence-electron chi connectivity index (χ2n) is 6.76. The highest BCUT2D eigenvalue weighted by atomic mass is 16.4. The number of carboxylic acids is 1. The summed E-state index contributed by atoms with van der Waals surface area (Å²) >= 11 is 0. The molecule has 124 valence electrons. The smallest absolute Gasteiger partial charge is 0.317 e. The maximum Gasteiger partial charge on any atom is 0.317 e. The van der Waals surface area contributed by atoms with Crippen molar-refractivity contribution in [2.45, 2.75) is 83.7 Å². The summed E-state index contributed by atoms with van der Waals surface area (Å²) in [4.78, 5) is 12.4. The second-order valence-corrected chi connectivity index (χ2v) is 6.76. The third kappa shape index (κ3) is 3.62. The van der Waals surface area contributed by atoms with Gasteiger partial charge in [-0.15, -0.1) is 0 Å². The molecule has 0 bridgehead atoms. The third-order valence-corrected chi connectivity index (χ3v) is 5.37. The first-order chi connectivity index (χ1) is 10.6. The Morgan fingerprint density at radius 1 is 1.14 bits per heavy atom. The summed E-state index contributed by atoms with van der Waals surface area (Å²) in [5.74, 6) is -0.711. The molecule has 0 saturated carbocycles. The summed E-state index contributed by atoms with van der Waals surface area (Å²) in [6.07, 6.45) is 14.0. The Morgan fingerprint density at radius 3 is 2.05 bits per heavy atom. The molecule has 1 atom stereocenters. The zero-order valence-corrected chi connectivity index (χ0v) is 13.8. The van der Waals surface area contributed by atoms with E-state index in [0.717, 1.165) is 62.5 Å². The summed E-state index contributed by atoms with van der Waals surface area (Å²) < 4.78 is 0. The zero-order chi connectivity index (χ0) is 16.0. The molecule has 2 aliphatic rings. The van der Waals surface area contributed by atoms with Crippen LogP contribution in [0.5, 0.6) is 0 Å². The van der Waals surface area contributed by atoms with Gasteiger partial charge in [-0.05, 0) is 70.6 Å². The Hall–Kier alpha value is -1.09. The molecule has 0 radical (unpaired) electrons. The van der Waals surface area contributed by atoms with E-state index >= 15 is 0 Å². The average Bonchev–Trinajstić information content (AvgIpc) is 2.57. The highest BCUT2D eigenvalue weighted by molar-refractivity contribution is 5.83. The van der Waals surface area contributed by atoms with Crippen molar-refractivity contribution in [3.63, 3.8) is 0 Å². The summed E-state index contributed by atoms with van der Waals surface area (Å²) in [6.45, 7) is 1.95. The molecule has 0 aliphatic heterocycles. The minimum Gasteiger partial charge on any atom is -0.480 e. The SMILES string of the molecule is CCC(O)CCC(C(=O)O)(C1=CCCCC1)C1=CCCCC1. The molecule has 0 aromatic rings. The summed E-state index contributed by atoms with van der Waals surface area (Å²) in [5.41, 5.74) is 1.35. The van der Waals surface area contributed by atoms with Crippen LogP contribution in [0.2, 0.25) is 0 Å². The number of aliphatic hydroxyl groups is 1. The van der Waals surface area contributed by atoms with Crippen molar-refractivity contribution in [3.8, 4) is 0 Å². The molecule has 2 rings (SSSR count). The van der Waals surface area contributed by atoms with Gasteiger partial charge in [-0.2, -0.15) is 0 Å². The number of hydrogen-bond acceptors (Lipinski definition) is 2. The van der Waals surface area contributed by atoms with Crippen molar-refractivity contribution < 1.29 is 15.0 Å². The quantitative estimate of drug-likeness (QED) is 0.675. The molecule has 0 aromatic carbocycles. The Bertz CT molecular complexity index is 422. The Balaban J connectivity index is 2.36. The fourth-order valence-corrected chi connectivity index (χ4v) is 3.95. The lowest BCUT2D eigenvalue weighted by atomic mass is 9.65. The van der Waals surface area contributed by atoms with Crippen molar-refractivity contribution in [3.05, 3.63) is 23.3 Å². The predicted octanol–water partition coefficient (Wildman–Crippen LogP) is 4.61. The first-order valence-corrected chi connectivity index (χ1v) is 8.91. The molecule has 1 unspecified atom stereocenters. The van der Waals surface area contributed by atoms with E-state index in [-0.39, 0.29) is 0 Å². The molecular formula is C19H30O3. The van der Waals surface area contributed by atoms with Crippen LogP contribution >= 0.6 is 0 Å². The van der Waals surface area contributed by atoms with Crippen molar-refractivity contribution in [2.24, 2.45) is 5.41 Å². The van der Waals surface area contributed by atoms with E-state index in [1.807, 2.05) is 6.92 Å². The van der Waals surface area contributed by atoms with Crippen molar-refractivity contribution in [1.82, 2.24) is 0 Å². The highest BCUT2D eigenvalue weighted by Crippen LogP contribution is 2.48. The van der Waals surface area contributed by atoms with Gasteiger partial charge in [0.25, 0.3) is 0 Å². The molecule has 3 heteroatoms. The molecule has 2 N–H and O–H groups in total. The largest absolute Gasteiger partial charge is 0.480 e. The van der Waals surface area contributed by atoms with E-state index in [2.05, 4.69) is 12.2 Å². The maximum atomic E-state index is 12.4. The minimum atomic E-state index is -0.850. The van der Waals surface area contributed by atoms with Crippen LogP contribution in [-0.4, -0.2) is 22.3 Å². The van der Waals surface area contributed by atoms with Gasteiger partial charge in [0, 0.05) is 0 Å². The number of rotatable bonds is 7. The Kier molecular flexibility index (Phi) is 6.25. The monoisotopic (exact) mass is 306 g/mol. The standard InChI is InChI=1S/C19H30O3/c1-2-17(20)13-14-19(18(21)22,15-9-5-3-6-10-15)16-11-7-4-8-12-16/h9,11,17,20H,2-8,10,12-14H2,1H3,(H,21,22). The lowest BCUT2D eigenvalue weighted by molar-refractivity contribution is -0.145. The number of carboxylic acid groups (broad SMARTS) is 1. The van der Waals surface area contributed by atoms with Crippen LogP contribution in [0.15, 0.2) is 23.3 Å².